The summed E-state index contributed by atoms with van der Waals surface area (Å²) in [5, 5.41) is 10.3. The Hall–Kier alpha value is -4.04. The molecule has 0 aliphatic heterocycles. The van der Waals surface area contributed by atoms with Crippen LogP contribution >= 0.6 is 0 Å². The standard InChI is InChI=1S/C29H34N2O6/c1-28(2,3)37-27(34)30-31-29(4,26(33)36-20-22-13-9-6-10-14-22)18-23-15-16-24(32)25(17-23)35-19-21-11-7-5-8-12-21/h5-17,31-32H,18-20H2,1-4H3,(H,30,34)/t29-/m0/s1. The van der Waals surface area contributed by atoms with Crippen LogP contribution in [0.1, 0.15) is 44.4 Å². The van der Waals surface area contributed by atoms with Crippen molar-refractivity contribution in [1.82, 2.24) is 10.9 Å². The van der Waals surface area contributed by atoms with Gasteiger partial charge in [-0.05, 0) is 56.5 Å². The van der Waals surface area contributed by atoms with Crippen LogP contribution in [0.3, 0.4) is 0 Å². The molecule has 0 bridgehead atoms. The monoisotopic (exact) mass is 506 g/mol. The fraction of sp³-hybridized carbons (Fsp3) is 0.310. The van der Waals surface area contributed by atoms with Crippen molar-refractivity contribution in [3.8, 4) is 11.5 Å². The molecule has 3 rings (SSSR count). The number of amides is 1. The number of esters is 1. The molecule has 0 fully saturated rings. The van der Waals surface area contributed by atoms with Crippen molar-refractivity contribution in [3.63, 3.8) is 0 Å². The molecule has 1 atom stereocenters. The zero-order valence-corrected chi connectivity index (χ0v) is 21.6. The number of rotatable bonds is 10. The lowest BCUT2D eigenvalue weighted by molar-refractivity contribution is -0.152. The second kappa shape index (κ2) is 12.3. The number of hydrogen-bond donors (Lipinski definition) is 3. The summed E-state index contributed by atoms with van der Waals surface area (Å²) in [4.78, 5) is 25.5. The Balaban J connectivity index is 1.76. The zero-order chi connectivity index (χ0) is 26.9. The molecule has 0 saturated carbocycles. The quantitative estimate of drug-likeness (QED) is 0.261. The van der Waals surface area contributed by atoms with Crippen LogP contribution < -0.4 is 15.6 Å². The van der Waals surface area contributed by atoms with Gasteiger partial charge in [0.15, 0.2) is 11.5 Å². The van der Waals surface area contributed by atoms with Crippen LogP contribution in [-0.2, 0) is 33.9 Å². The molecular weight excluding hydrogens is 472 g/mol. The molecule has 1 amide bonds. The average molecular weight is 507 g/mol. The van der Waals surface area contributed by atoms with Crippen LogP contribution in [0.2, 0.25) is 0 Å². The molecule has 0 aliphatic rings. The molecule has 0 spiro atoms. The van der Waals surface area contributed by atoms with Gasteiger partial charge in [-0.15, -0.1) is 0 Å². The van der Waals surface area contributed by atoms with E-state index >= 15 is 0 Å². The van der Waals surface area contributed by atoms with E-state index in [0.717, 1.165) is 11.1 Å². The van der Waals surface area contributed by atoms with E-state index in [1.54, 1.807) is 39.8 Å². The number of phenols is 1. The fourth-order valence-corrected chi connectivity index (χ4v) is 3.47. The van der Waals surface area contributed by atoms with Gasteiger partial charge in [0.05, 0.1) is 0 Å². The molecule has 0 aromatic heterocycles. The number of hydrogen-bond acceptors (Lipinski definition) is 7. The first kappa shape index (κ1) is 27.5. The van der Waals surface area contributed by atoms with Crippen molar-refractivity contribution >= 4 is 12.1 Å². The van der Waals surface area contributed by atoms with Gasteiger partial charge < -0.3 is 19.3 Å². The molecule has 3 aromatic rings. The van der Waals surface area contributed by atoms with Gasteiger partial charge in [0.1, 0.15) is 24.4 Å². The predicted molar refractivity (Wildman–Crippen MR) is 140 cm³/mol. The van der Waals surface area contributed by atoms with Gasteiger partial charge in [-0.3, -0.25) is 5.43 Å². The Bertz CT molecular complexity index is 1180. The van der Waals surface area contributed by atoms with Crippen LogP contribution in [0.5, 0.6) is 11.5 Å². The Morgan fingerprint density at radius 1 is 0.811 bits per heavy atom. The lowest BCUT2D eigenvalue weighted by Crippen LogP contribution is -2.59. The maximum absolute atomic E-state index is 13.2. The number of phenolic OH excluding ortho intramolecular Hbond substituents is 1. The minimum absolute atomic E-state index is 0.0205. The van der Waals surface area contributed by atoms with Gasteiger partial charge in [0.2, 0.25) is 0 Å². The smallest absolute Gasteiger partial charge is 0.422 e. The number of nitrogens with one attached hydrogen (secondary N) is 2. The molecular formula is C29H34N2O6. The van der Waals surface area contributed by atoms with Crippen LogP contribution in [0.25, 0.3) is 0 Å². The van der Waals surface area contributed by atoms with Gasteiger partial charge in [-0.2, -0.15) is 0 Å². The number of ether oxygens (including phenoxy) is 3. The number of carbonyl (C=O) groups excluding carboxylic acids is 2. The molecule has 3 N–H and O–H groups in total. The number of carbonyl (C=O) groups is 2. The van der Waals surface area contributed by atoms with E-state index in [4.69, 9.17) is 14.2 Å². The molecule has 0 radical (unpaired) electrons. The summed E-state index contributed by atoms with van der Waals surface area (Å²) >= 11 is 0. The van der Waals surface area contributed by atoms with Gasteiger partial charge in [0.25, 0.3) is 0 Å². The molecule has 8 heteroatoms. The summed E-state index contributed by atoms with van der Waals surface area (Å²) in [6.07, 6.45) is -0.606. The SMILES string of the molecule is CC(C)(C)OC(=O)NN[C@@](C)(Cc1ccc(O)c(OCc2ccccc2)c1)C(=O)OCc1ccccc1. The first-order chi connectivity index (χ1) is 17.5. The Kier molecular flexibility index (Phi) is 9.14. The zero-order valence-electron chi connectivity index (χ0n) is 21.6. The van der Waals surface area contributed by atoms with E-state index in [1.165, 1.54) is 6.07 Å². The molecule has 37 heavy (non-hydrogen) atoms. The lowest BCUT2D eigenvalue weighted by atomic mass is 9.93. The maximum Gasteiger partial charge on any atom is 0.422 e. The first-order valence-corrected chi connectivity index (χ1v) is 12.0. The fourth-order valence-electron chi connectivity index (χ4n) is 3.47. The first-order valence-electron chi connectivity index (χ1n) is 12.0. The highest BCUT2D eigenvalue weighted by atomic mass is 16.6. The molecule has 0 unspecified atom stereocenters. The molecule has 0 saturated heterocycles. The molecule has 196 valence electrons. The third-order valence-corrected chi connectivity index (χ3v) is 5.32. The Labute approximate surface area is 217 Å². The van der Waals surface area contributed by atoms with Gasteiger partial charge in [-0.25, -0.2) is 15.0 Å². The van der Waals surface area contributed by atoms with E-state index < -0.39 is 23.2 Å². The van der Waals surface area contributed by atoms with E-state index in [9.17, 15) is 14.7 Å². The van der Waals surface area contributed by atoms with Crippen molar-refractivity contribution in [2.45, 2.75) is 58.5 Å². The summed E-state index contributed by atoms with van der Waals surface area (Å²) in [5.41, 5.74) is 5.64. The summed E-state index contributed by atoms with van der Waals surface area (Å²) in [6.45, 7) is 7.19. The third-order valence-electron chi connectivity index (χ3n) is 5.32. The highest BCUT2D eigenvalue weighted by Gasteiger charge is 2.36. The number of aromatic hydroxyl groups is 1. The van der Waals surface area contributed by atoms with Crippen LogP contribution in [0.15, 0.2) is 78.9 Å². The highest BCUT2D eigenvalue weighted by molar-refractivity contribution is 5.81. The highest BCUT2D eigenvalue weighted by Crippen LogP contribution is 2.29. The largest absolute Gasteiger partial charge is 0.504 e. The van der Waals surface area contributed by atoms with Gasteiger partial charge in [-0.1, -0.05) is 66.7 Å². The number of benzene rings is 3. The van der Waals surface area contributed by atoms with Crippen LogP contribution in [-0.4, -0.2) is 28.3 Å². The topological polar surface area (TPSA) is 106 Å². The predicted octanol–water partition coefficient (Wildman–Crippen LogP) is 5.05. The molecule has 8 nitrogen and oxygen atoms in total. The summed E-state index contributed by atoms with van der Waals surface area (Å²) in [7, 11) is 0. The minimum Gasteiger partial charge on any atom is -0.504 e. The van der Waals surface area contributed by atoms with Crippen molar-refractivity contribution in [2.75, 3.05) is 0 Å². The van der Waals surface area contributed by atoms with Gasteiger partial charge >= 0.3 is 12.1 Å². The van der Waals surface area contributed by atoms with Gasteiger partial charge in [0, 0.05) is 6.42 Å². The van der Waals surface area contributed by atoms with Crippen molar-refractivity contribution in [1.29, 1.82) is 0 Å². The minimum atomic E-state index is -1.36. The maximum atomic E-state index is 13.2. The second-order valence-electron chi connectivity index (χ2n) is 9.90. The van der Waals surface area contributed by atoms with E-state index in [-0.39, 0.29) is 31.1 Å². The van der Waals surface area contributed by atoms with Crippen molar-refractivity contribution in [2.24, 2.45) is 0 Å². The molecule has 0 aliphatic carbocycles. The summed E-state index contributed by atoms with van der Waals surface area (Å²) in [6, 6.07) is 23.7. The third kappa shape index (κ3) is 8.84. The van der Waals surface area contributed by atoms with E-state index in [0.29, 0.717) is 5.56 Å². The van der Waals surface area contributed by atoms with Crippen molar-refractivity contribution in [3.05, 3.63) is 95.6 Å². The summed E-state index contributed by atoms with van der Waals surface area (Å²) < 4.78 is 16.7. The summed E-state index contributed by atoms with van der Waals surface area (Å²) in [5.74, 6) is -0.318. The molecule has 3 aromatic carbocycles. The van der Waals surface area contributed by atoms with Crippen LogP contribution in [0.4, 0.5) is 4.79 Å². The Morgan fingerprint density at radius 2 is 1.41 bits per heavy atom. The Morgan fingerprint density at radius 3 is 2.00 bits per heavy atom. The lowest BCUT2D eigenvalue weighted by Gasteiger charge is -2.30. The van der Waals surface area contributed by atoms with E-state index in [2.05, 4.69) is 10.9 Å². The van der Waals surface area contributed by atoms with E-state index in [1.807, 2.05) is 60.7 Å². The normalized spacial score (nSPS) is 12.8. The number of hydrazine groups is 1. The molecule has 0 heterocycles. The second-order valence-corrected chi connectivity index (χ2v) is 9.90. The van der Waals surface area contributed by atoms with Crippen LogP contribution in [0, 0.1) is 0 Å². The average Bonchev–Trinajstić information content (AvgIpc) is 2.86. The van der Waals surface area contributed by atoms with Crippen molar-refractivity contribution < 1.29 is 28.9 Å².